The third-order valence-electron chi connectivity index (χ3n) is 3.48. The van der Waals surface area contributed by atoms with Crippen molar-refractivity contribution in [2.45, 2.75) is 13.0 Å². The summed E-state index contributed by atoms with van der Waals surface area (Å²) in [6, 6.07) is 14.6. The largest absolute Gasteiger partial charge is 0.489 e. The molecule has 0 aliphatic heterocycles. The Morgan fingerprint density at radius 1 is 1.16 bits per heavy atom. The molecule has 0 atom stereocenters. The fourth-order valence-electron chi connectivity index (χ4n) is 2.13. The second-order valence-electron chi connectivity index (χ2n) is 5.38. The lowest BCUT2D eigenvalue weighted by Crippen LogP contribution is -2.17. The van der Waals surface area contributed by atoms with E-state index in [1.54, 1.807) is 31.3 Å². The highest BCUT2D eigenvalue weighted by Gasteiger charge is 2.09. The smallest absolute Gasteiger partial charge is 0.232 e. The molecule has 1 N–H and O–H groups in total. The van der Waals surface area contributed by atoms with Gasteiger partial charge in [0, 0.05) is 17.8 Å². The monoisotopic (exact) mass is 357 g/mol. The van der Waals surface area contributed by atoms with Crippen LogP contribution < -0.4 is 10.1 Å². The summed E-state index contributed by atoms with van der Waals surface area (Å²) in [5.74, 6) is 1.03. The van der Waals surface area contributed by atoms with Crippen molar-refractivity contribution in [2.75, 3.05) is 5.32 Å². The van der Waals surface area contributed by atoms with Gasteiger partial charge >= 0.3 is 0 Å². The zero-order valence-electron chi connectivity index (χ0n) is 13.5. The van der Waals surface area contributed by atoms with Crippen molar-refractivity contribution in [3.05, 3.63) is 64.9 Å². The van der Waals surface area contributed by atoms with Gasteiger partial charge in [0.05, 0.1) is 6.42 Å². The first-order valence-corrected chi connectivity index (χ1v) is 7.96. The quantitative estimate of drug-likeness (QED) is 0.733. The minimum Gasteiger partial charge on any atom is -0.489 e. The summed E-state index contributed by atoms with van der Waals surface area (Å²) in [5, 5.41) is 14.5. The summed E-state index contributed by atoms with van der Waals surface area (Å²) in [5.41, 5.74) is 1.71. The SMILES string of the molecule is Cn1nnnc1CC(=O)Nc1ccc(OCc2ccc(Cl)cc2)cc1. The van der Waals surface area contributed by atoms with Crippen molar-refractivity contribution in [1.82, 2.24) is 20.2 Å². The first kappa shape index (κ1) is 16.9. The second kappa shape index (κ2) is 7.76. The molecule has 7 nitrogen and oxygen atoms in total. The van der Waals surface area contributed by atoms with Crippen molar-refractivity contribution >= 4 is 23.2 Å². The van der Waals surface area contributed by atoms with E-state index in [1.807, 2.05) is 24.3 Å². The number of hydrogen-bond donors (Lipinski definition) is 1. The van der Waals surface area contributed by atoms with Gasteiger partial charge in [-0.25, -0.2) is 4.68 Å². The van der Waals surface area contributed by atoms with Crippen LogP contribution in [0.1, 0.15) is 11.4 Å². The minimum absolute atomic E-state index is 0.109. The molecule has 3 rings (SSSR count). The third-order valence-corrected chi connectivity index (χ3v) is 3.74. The lowest BCUT2D eigenvalue weighted by Gasteiger charge is -2.08. The summed E-state index contributed by atoms with van der Waals surface area (Å²) < 4.78 is 7.17. The number of nitrogens with zero attached hydrogens (tertiary/aromatic N) is 4. The number of carbonyl (C=O) groups is 1. The standard InChI is InChI=1S/C17H16ClN5O2/c1-23-16(20-21-22-23)10-17(24)19-14-6-8-15(9-7-14)25-11-12-2-4-13(18)5-3-12/h2-9H,10-11H2,1H3,(H,19,24). The number of carbonyl (C=O) groups excluding carboxylic acids is 1. The second-order valence-corrected chi connectivity index (χ2v) is 5.82. The van der Waals surface area contributed by atoms with Crippen molar-refractivity contribution < 1.29 is 9.53 Å². The van der Waals surface area contributed by atoms with Crippen LogP contribution >= 0.6 is 11.6 Å². The maximum Gasteiger partial charge on any atom is 0.232 e. The van der Waals surface area contributed by atoms with Gasteiger partial charge in [-0.3, -0.25) is 4.79 Å². The molecule has 0 spiro atoms. The van der Waals surface area contributed by atoms with Gasteiger partial charge in [0.2, 0.25) is 5.91 Å². The van der Waals surface area contributed by atoms with Crippen LogP contribution in [0, 0.1) is 0 Å². The molecule has 0 saturated heterocycles. The molecule has 1 amide bonds. The fraction of sp³-hybridized carbons (Fsp3) is 0.176. The van der Waals surface area contributed by atoms with E-state index in [9.17, 15) is 4.79 Å². The van der Waals surface area contributed by atoms with Gasteiger partial charge in [-0.15, -0.1) is 5.10 Å². The Labute approximate surface area is 149 Å². The van der Waals surface area contributed by atoms with Crippen molar-refractivity contribution in [1.29, 1.82) is 0 Å². The van der Waals surface area contributed by atoms with E-state index in [1.165, 1.54) is 4.68 Å². The van der Waals surface area contributed by atoms with Crippen molar-refractivity contribution in [2.24, 2.45) is 7.05 Å². The van der Waals surface area contributed by atoms with Gasteiger partial charge in [-0.2, -0.15) is 0 Å². The zero-order chi connectivity index (χ0) is 17.6. The fourth-order valence-corrected chi connectivity index (χ4v) is 2.25. The molecule has 0 saturated carbocycles. The van der Waals surface area contributed by atoms with Gasteiger partial charge in [0.15, 0.2) is 5.82 Å². The van der Waals surface area contributed by atoms with Crippen LogP contribution in [0.15, 0.2) is 48.5 Å². The van der Waals surface area contributed by atoms with Crippen molar-refractivity contribution in [3.8, 4) is 5.75 Å². The molecule has 0 aliphatic carbocycles. The molecule has 0 radical (unpaired) electrons. The molecule has 1 aromatic heterocycles. The number of nitrogens with one attached hydrogen (secondary N) is 1. The number of anilines is 1. The summed E-state index contributed by atoms with van der Waals surface area (Å²) in [6.45, 7) is 0.446. The Bertz CT molecular complexity index is 846. The molecular weight excluding hydrogens is 342 g/mol. The highest BCUT2D eigenvalue weighted by atomic mass is 35.5. The third kappa shape index (κ3) is 4.77. The van der Waals surface area contributed by atoms with E-state index in [-0.39, 0.29) is 12.3 Å². The highest BCUT2D eigenvalue weighted by molar-refractivity contribution is 6.30. The predicted molar refractivity (Wildman–Crippen MR) is 93.4 cm³/mol. The Hall–Kier alpha value is -2.93. The number of halogens is 1. The normalized spacial score (nSPS) is 10.5. The maximum absolute atomic E-state index is 12.0. The summed E-state index contributed by atoms with van der Waals surface area (Å²) in [7, 11) is 1.69. The molecule has 0 fully saturated rings. The molecule has 25 heavy (non-hydrogen) atoms. The molecule has 8 heteroatoms. The first-order valence-electron chi connectivity index (χ1n) is 7.58. The van der Waals surface area contributed by atoms with Gasteiger partial charge in [0.25, 0.3) is 0 Å². The summed E-state index contributed by atoms with van der Waals surface area (Å²) in [6.07, 6.45) is 0.109. The first-order chi connectivity index (χ1) is 12.1. The van der Waals surface area contributed by atoms with Crippen LogP contribution in [-0.2, 0) is 24.9 Å². The van der Waals surface area contributed by atoms with Gasteiger partial charge in [-0.05, 0) is 52.4 Å². The lowest BCUT2D eigenvalue weighted by molar-refractivity contribution is -0.115. The Morgan fingerprint density at radius 3 is 2.52 bits per heavy atom. The molecule has 128 valence electrons. The van der Waals surface area contributed by atoms with Crippen molar-refractivity contribution in [3.63, 3.8) is 0 Å². The number of aryl methyl sites for hydroxylation is 1. The van der Waals surface area contributed by atoms with Crippen LogP contribution in [-0.4, -0.2) is 26.1 Å². The number of rotatable bonds is 6. The molecule has 0 aliphatic rings. The van der Waals surface area contributed by atoms with Crippen LogP contribution in [0.4, 0.5) is 5.69 Å². The Kier molecular flexibility index (Phi) is 5.25. The lowest BCUT2D eigenvalue weighted by atomic mass is 10.2. The Morgan fingerprint density at radius 2 is 1.88 bits per heavy atom. The van der Waals surface area contributed by atoms with Gasteiger partial charge in [-0.1, -0.05) is 23.7 Å². The number of benzene rings is 2. The van der Waals surface area contributed by atoms with E-state index in [4.69, 9.17) is 16.3 Å². The maximum atomic E-state index is 12.0. The van der Waals surface area contributed by atoms with Crippen LogP contribution in [0.3, 0.4) is 0 Å². The van der Waals surface area contributed by atoms with Crippen LogP contribution in [0.25, 0.3) is 0 Å². The molecular formula is C17H16ClN5O2. The molecule has 1 heterocycles. The predicted octanol–water partition coefficient (Wildman–Crippen LogP) is 2.62. The summed E-state index contributed by atoms with van der Waals surface area (Å²) in [4.78, 5) is 12.0. The molecule has 0 unspecified atom stereocenters. The summed E-state index contributed by atoms with van der Waals surface area (Å²) >= 11 is 5.85. The van der Waals surface area contributed by atoms with Crippen LogP contribution in [0.2, 0.25) is 5.02 Å². The number of amides is 1. The average molecular weight is 358 g/mol. The Balaban J connectivity index is 1.52. The zero-order valence-corrected chi connectivity index (χ0v) is 14.3. The van der Waals surface area contributed by atoms with E-state index in [0.29, 0.717) is 28.9 Å². The van der Waals surface area contributed by atoms with Crippen LogP contribution in [0.5, 0.6) is 5.75 Å². The number of ether oxygens (including phenoxy) is 1. The van der Waals surface area contributed by atoms with E-state index < -0.39 is 0 Å². The molecule has 3 aromatic rings. The van der Waals surface area contributed by atoms with E-state index >= 15 is 0 Å². The molecule has 0 bridgehead atoms. The topological polar surface area (TPSA) is 81.9 Å². The molecule has 2 aromatic carbocycles. The average Bonchev–Trinajstić information content (AvgIpc) is 3.00. The highest BCUT2D eigenvalue weighted by Crippen LogP contribution is 2.18. The van der Waals surface area contributed by atoms with E-state index in [2.05, 4.69) is 20.8 Å². The van der Waals surface area contributed by atoms with Gasteiger partial charge in [0.1, 0.15) is 12.4 Å². The minimum atomic E-state index is -0.187. The van der Waals surface area contributed by atoms with E-state index in [0.717, 1.165) is 5.56 Å². The number of tetrazole rings is 1. The number of aromatic nitrogens is 4. The number of hydrogen-bond acceptors (Lipinski definition) is 5. The van der Waals surface area contributed by atoms with Gasteiger partial charge < -0.3 is 10.1 Å².